The molecule has 1 aliphatic rings. The minimum Gasteiger partial charge on any atom is -0.352 e. The number of aryl methyl sites for hydroxylation is 1. The van der Waals surface area contributed by atoms with Crippen LogP contribution in [-0.4, -0.2) is 34.6 Å². The number of halogens is 1. The first-order chi connectivity index (χ1) is 15.5. The molecule has 0 aliphatic carbocycles. The van der Waals surface area contributed by atoms with Crippen LogP contribution in [0.5, 0.6) is 0 Å². The highest BCUT2D eigenvalue weighted by Crippen LogP contribution is 2.44. The molecule has 2 aromatic carbocycles. The number of rotatable bonds is 7. The minimum atomic E-state index is -0.546. The second kappa shape index (κ2) is 10.6. The molecular weight excluding hydrogens is 460 g/mol. The molecule has 32 heavy (non-hydrogen) atoms. The molecule has 0 saturated carbocycles. The van der Waals surface area contributed by atoms with E-state index in [0.29, 0.717) is 16.3 Å². The predicted octanol–water partition coefficient (Wildman–Crippen LogP) is 5.80. The molecular formula is C25H25ClN2O2S2. The summed E-state index contributed by atoms with van der Waals surface area (Å²) >= 11 is 9.55. The Labute approximate surface area is 202 Å². The number of carbonyl (C=O) groups excluding carboxylic acids is 2. The van der Waals surface area contributed by atoms with Crippen molar-refractivity contribution in [3.63, 3.8) is 0 Å². The number of carbonyl (C=O) groups is 2. The molecule has 0 radical (unpaired) electrons. The third-order valence-electron chi connectivity index (χ3n) is 5.53. The largest absolute Gasteiger partial charge is 0.352 e. The van der Waals surface area contributed by atoms with E-state index in [1.54, 1.807) is 52.3 Å². The highest BCUT2D eigenvalue weighted by Gasteiger charge is 2.43. The zero-order valence-corrected chi connectivity index (χ0v) is 20.1. The van der Waals surface area contributed by atoms with Crippen molar-refractivity contribution in [2.45, 2.75) is 37.2 Å². The molecule has 1 aliphatic heterocycles. The Morgan fingerprint density at radius 3 is 2.56 bits per heavy atom. The molecule has 4 rings (SSSR count). The Balaban J connectivity index is 1.50. The second-order valence-electron chi connectivity index (χ2n) is 7.84. The van der Waals surface area contributed by atoms with Gasteiger partial charge in [-0.1, -0.05) is 60.1 Å². The van der Waals surface area contributed by atoms with Gasteiger partial charge in [0.15, 0.2) is 0 Å². The first kappa shape index (κ1) is 22.9. The van der Waals surface area contributed by atoms with Crippen molar-refractivity contribution in [1.82, 2.24) is 10.2 Å². The highest BCUT2D eigenvalue weighted by molar-refractivity contribution is 7.99. The van der Waals surface area contributed by atoms with Crippen molar-refractivity contribution in [3.05, 3.63) is 93.1 Å². The first-order valence-corrected chi connectivity index (χ1v) is 12.9. The number of nitrogens with zero attached hydrogens (tertiary/aromatic N) is 1. The molecule has 166 valence electrons. The SMILES string of the molecule is CC(CCc1ccccc1)NC(=O)C1CSC(c2cccs2)N1C(=O)c1ccccc1Cl. The highest BCUT2D eigenvalue weighted by atomic mass is 35.5. The summed E-state index contributed by atoms with van der Waals surface area (Å²) < 4.78 is 0. The lowest BCUT2D eigenvalue weighted by Crippen LogP contribution is -2.50. The van der Waals surface area contributed by atoms with Gasteiger partial charge in [-0.15, -0.1) is 23.1 Å². The van der Waals surface area contributed by atoms with Gasteiger partial charge in [0, 0.05) is 16.7 Å². The van der Waals surface area contributed by atoms with Gasteiger partial charge in [0.25, 0.3) is 5.91 Å². The summed E-state index contributed by atoms with van der Waals surface area (Å²) in [6, 6.07) is 20.7. The van der Waals surface area contributed by atoms with Gasteiger partial charge in [-0.3, -0.25) is 9.59 Å². The lowest BCUT2D eigenvalue weighted by atomic mass is 10.1. The molecule has 2 heterocycles. The van der Waals surface area contributed by atoms with Crippen molar-refractivity contribution < 1.29 is 9.59 Å². The fourth-order valence-corrected chi connectivity index (χ4v) is 6.43. The van der Waals surface area contributed by atoms with Crippen LogP contribution in [0.3, 0.4) is 0 Å². The average molecular weight is 485 g/mol. The molecule has 0 bridgehead atoms. The predicted molar refractivity (Wildman–Crippen MR) is 133 cm³/mol. The van der Waals surface area contributed by atoms with Crippen LogP contribution in [-0.2, 0) is 11.2 Å². The number of hydrogen-bond donors (Lipinski definition) is 1. The summed E-state index contributed by atoms with van der Waals surface area (Å²) in [6.45, 7) is 2.01. The Morgan fingerprint density at radius 1 is 1.09 bits per heavy atom. The molecule has 1 fully saturated rings. The van der Waals surface area contributed by atoms with E-state index in [2.05, 4.69) is 17.4 Å². The van der Waals surface area contributed by atoms with Crippen molar-refractivity contribution in [2.24, 2.45) is 0 Å². The summed E-state index contributed by atoms with van der Waals surface area (Å²) in [5, 5.41) is 5.32. The van der Waals surface area contributed by atoms with Crippen LogP contribution < -0.4 is 5.32 Å². The fraction of sp³-hybridized carbons (Fsp3) is 0.280. The fourth-order valence-electron chi connectivity index (χ4n) is 3.82. The van der Waals surface area contributed by atoms with Crippen LogP contribution in [0, 0.1) is 0 Å². The molecule has 1 aromatic heterocycles. The average Bonchev–Trinajstić information content (AvgIpc) is 3.48. The number of benzene rings is 2. The van der Waals surface area contributed by atoms with Crippen molar-refractivity contribution in [2.75, 3.05) is 5.75 Å². The van der Waals surface area contributed by atoms with Gasteiger partial charge in [-0.2, -0.15) is 0 Å². The molecule has 3 unspecified atom stereocenters. The van der Waals surface area contributed by atoms with Crippen LogP contribution in [0.15, 0.2) is 72.1 Å². The van der Waals surface area contributed by atoms with Gasteiger partial charge < -0.3 is 10.2 Å². The molecule has 3 aromatic rings. The molecule has 2 amide bonds. The number of hydrogen-bond acceptors (Lipinski definition) is 4. The van der Waals surface area contributed by atoms with Gasteiger partial charge in [0.05, 0.1) is 10.6 Å². The van der Waals surface area contributed by atoms with E-state index in [9.17, 15) is 9.59 Å². The topological polar surface area (TPSA) is 49.4 Å². The zero-order valence-electron chi connectivity index (χ0n) is 17.7. The van der Waals surface area contributed by atoms with Crippen LogP contribution in [0.2, 0.25) is 5.02 Å². The van der Waals surface area contributed by atoms with Gasteiger partial charge in [-0.05, 0) is 48.9 Å². The minimum absolute atomic E-state index is 0.00533. The molecule has 1 N–H and O–H groups in total. The monoisotopic (exact) mass is 484 g/mol. The summed E-state index contributed by atoms with van der Waals surface area (Å²) in [6.07, 6.45) is 1.73. The third kappa shape index (κ3) is 5.20. The molecule has 7 heteroatoms. The maximum Gasteiger partial charge on any atom is 0.257 e. The van der Waals surface area contributed by atoms with Gasteiger partial charge in [-0.25, -0.2) is 0 Å². The molecule has 4 nitrogen and oxygen atoms in total. The standard InChI is InChI=1S/C25H25ClN2O2S2/c1-17(13-14-18-8-3-2-4-9-18)27-23(29)21-16-32-25(22-12-7-15-31-22)28(21)24(30)19-10-5-6-11-20(19)26/h2-12,15,17,21,25H,13-14,16H2,1H3,(H,27,29). The Morgan fingerprint density at radius 2 is 1.84 bits per heavy atom. The lowest BCUT2D eigenvalue weighted by Gasteiger charge is -2.29. The summed E-state index contributed by atoms with van der Waals surface area (Å²) in [7, 11) is 0. The summed E-state index contributed by atoms with van der Waals surface area (Å²) in [4.78, 5) is 29.6. The van der Waals surface area contributed by atoms with Crippen LogP contribution in [0.4, 0.5) is 0 Å². The lowest BCUT2D eigenvalue weighted by molar-refractivity contribution is -0.125. The number of thioether (sulfide) groups is 1. The molecule has 0 spiro atoms. The Kier molecular flexibility index (Phi) is 7.55. The normalized spacial score (nSPS) is 19.0. The van der Waals surface area contributed by atoms with Gasteiger partial charge in [0.1, 0.15) is 11.4 Å². The van der Waals surface area contributed by atoms with E-state index in [1.807, 2.05) is 42.6 Å². The number of nitrogens with one attached hydrogen (secondary N) is 1. The summed E-state index contributed by atoms with van der Waals surface area (Å²) in [5.74, 6) is 0.226. The van der Waals surface area contributed by atoms with E-state index in [1.165, 1.54) is 5.56 Å². The maximum atomic E-state index is 13.5. The molecule has 1 saturated heterocycles. The number of thiophene rings is 1. The molecule has 3 atom stereocenters. The van der Waals surface area contributed by atoms with E-state index in [-0.39, 0.29) is 23.2 Å². The second-order valence-corrected chi connectivity index (χ2v) is 10.3. The van der Waals surface area contributed by atoms with Crippen molar-refractivity contribution >= 4 is 46.5 Å². The van der Waals surface area contributed by atoms with Crippen LogP contribution >= 0.6 is 34.7 Å². The first-order valence-electron chi connectivity index (χ1n) is 10.6. The van der Waals surface area contributed by atoms with Crippen molar-refractivity contribution in [3.8, 4) is 0 Å². The van der Waals surface area contributed by atoms with E-state index < -0.39 is 6.04 Å². The zero-order chi connectivity index (χ0) is 22.5. The smallest absolute Gasteiger partial charge is 0.257 e. The maximum absolute atomic E-state index is 13.5. The van der Waals surface area contributed by atoms with Gasteiger partial charge in [0.2, 0.25) is 5.91 Å². The number of amides is 2. The van der Waals surface area contributed by atoms with E-state index in [0.717, 1.165) is 17.7 Å². The van der Waals surface area contributed by atoms with E-state index >= 15 is 0 Å². The summed E-state index contributed by atoms with van der Waals surface area (Å²) in [5.41, 5.74) is 1.67. The van der Waals surface area contributed by atoms with E-state index in [4.69, 9.17) is 11.6 Å². The van der Waals surface area contributed by atoms with Crippen molar-refractivity contribution in [1.29, 1.82) is 0 Å². The Hall–Kier alpha value is -2.28. The van der Waals surface area contributed by atoms with Crippen LogP contribution in [0.1, 0.15) is 39.5 Å². The van der Waals surface area contributed by atoms with Crippen LogP contribution in [0.25, 0.3) is 0 Å². The third-order valence-corrected chi connectivity index (χ3v) is 8.23. The Bertz CT molecular complexity index is 1060. The van der Waals surface area contributed by atoms with Gasteiger partial charge >= 0.3 is 0 Å². The quantitative estimate of drug-likeness (QED) is 0.461.